The largest absolute Gasteiger partial charge is 0.296 e. The summed E-state index contributed by atoms with van der Waals surface area (Å²) < 4.78 is 0.870. The van der Waals surface area contributed by atoms with Crippen LogP contribution in [-0.2, 0) is 9.59 Å². The van der Waals surface area contributed by atoms with Crippen LogP contribution in [0.4, 0.5) is 0 Å². The molecule has 1 N–H and O–H groups in total. The Morgan fingerprint density at radius 1 is 1.29 bits per heavy atom. The number of imide groups is 1. The molecule has 1 saturated heterocycles. The summed E-state index contributed by atoms with van der Waals surface area (Å²) in [5, 5.41) is 2.29. The molecular formula is C10H8BrNO2. The molecule has 1 heterocycles. The third-order valence-corrected chi connectivity index (χ3v) is 2.97. The van der Waals surface area contributed by atoms with E-state index in [0.29, 0.717) is 0 Å². The van der Waals surface area contributed by atoms with Gasteiger partial charge in [0.15, 0.2) is 0 Å². The van der Waals surface area contributed by atoms with E-state index in [-0.39, 0.29) is 24.2 Å². The maximum Gasteiger partial charge on any atom is 0.234 e. The molecule has 0 radical (unpaired) electrons. The van der Waals surface area contributed by atoms with Gasteiger partial charge < -0.3 is 0 Å². The molecule has 0 bridgehead atoms. The van der Waals surface area contributed by atoms with Crippen molar-refractivity contribution in [1.29, 1.82) is 0 Å². The van der Waals surface area contributed by atoms with Crippen molar-refractivity contribution in [2.45, 2.75) is 12.3 Å². The van der Waals surface area contributed by atoms with Crippen molar-refractivity contribution in [3.05, 3.63) is 34.3 Å². The third kappa shape index (κ3) is 1.57. The summed E-state index contributed by atoms with van der Waals surface area (Å²) in [7, 11) is 0. The molecule has 0 aliphatic carbocycles. The number of hydrogen-bond donors (Lipinski definition) is 1. The van der Waals surface area contributed by atoms with Crippen molar-refractivity contribution in [1.82, 2.24) is 5.32 Å². The van der Waals surface area contributed by atoms with Crippen LogP contribution in [-0.4, -0.2) is 11.8 Å². The molecule has 1 aromatic carbocycles. The lowest BCUT2D eigenvalue weighted by atomic mass is 9.98. The maximum absolute atomic E-state index is 11.4. The van der Waals surface area contributed by atoms with Gasteiger partial charge in [0.25, 0.3) is 0 Å². The second-order valence-electron chi connectivity index (χ2n) is 3.19. The van der Waals surface area contributed by atoms with Crippen molar-refractivity contribution >= 4 is 27.7 Å². The Bertz CT molecular complexity index is 403. The lowest BCUT2D eigenvalue weighted by molar-refractivity contribution is -0.125. The van der Waals surface area contributed by atoms with Crippen molar-refractivity contribution in [3.63, 3.8) is 0 Å². The molecule has 1 atom stereocenters. The van der Waals surface area contributed by atoms with Crippen LogP contribution in [0.2, 0.25) is 0 Å². The molecule has 0 saturated carbocycles. The molecule has 0 spiro atoms. The Morgan fingerprint density at radius 2 is 2.00 bits per heavy atom. The monoisotopic (exact) mass is 253 g/mol. The van der Waals surface area contributed by atoms with Gasteiger partial charge in [0.1, 0.15) is 0 Å². The highest BCUT2D eigenvalue weighted by molar-refractivity contribution is 9.10. The Hall–Kier alpha value is -1.16. The topological polar surface area (TPSA) is 46.2 Å². The van der Waals surface area contributed by atoms with Gasteiger partial charge in [-0.15, -0.1) is 0 Å². The van der Waals surface area contributed by atoms with Crippen LogP contribution in [0.25, 0.3) is 0 Å². The molecule has 1 aromatic rings. The number of amides is 2. The molecule has 1 aliphatic rings. The highest BCUT2D eigenvalue weighted by Crippen LogP contribution is 2.29. The molecule has 1 fully saturated rings. The number of carbonyl (C=O) groups is 2. The molecule has 1 aliphatic heterocycles. The number of nitrogens with one attached hydrogen (secondary N) is 1. The first-order valence-electron chi connectivity index (χ1n) is 4.26. The third-order valence-electron chi connectivity index (χ3n) is 2.25. The van der Waals surface area contributed by atoms with Crippen LogP contribution < -0.4 is 5.32 Å². The van der Waals surface area contributed by atoms with Crippen molar-refractivity contribution < 1.29 is 9.59 Å². The summed E-state index contributed by atoms with van der Waals surface area (Å²) in [5.41, 5.74) is 0.871. The summed E-state index contributed by atoms with van der Waals surface area (Å²) in [6.45, 7) is 0. The highest BCUT2D eigenvalue weighted by Gasteiger charge is 2.32. The Kier molecular flexibility index (Phi) is 2.37. The summed E-state index contributed by atoms with van der Waals surface area (Å²) in [6, 6.07) is 7.46. The van der Waals surface area contributed by atoms with Crippen LogP contribution >= 0.6 is 15.9 Å². The minimum Gasteiger partial charge on any atom is -0.296 e. The van der Waals surface area contributed by atoms with Gasteiger partial charge in [0.2, 0.25) is 11.8 Å². The number of benzene rings is 1. The van der Waals surface area contributed by atoms with Crippen molar-refractivity contribution in [2.75, 3.05) is 0 Å². The Balaban J connectivity index is 2.36. The van der Waals surface area contributed by atoms with E-state index in [1.807, 2.05) is 24.3 Å². The lowest BCUT2D eigenvalue weighted by Crippen LogP contribution is -2.21. The van der Waals surface area contributed by atoms with E-state index in [2.05, 4.69) is 21.2 Å². The second-order valence-corrected chi connectivity index (χ2v) is 4.04. The zero-order valence-electron chi connectivity index (χ0n) is 7.29. The van der Waals surface area contributed by atoms with E-state index in [0.717, 1.165) is 10.0 Å². The average Bonchev–Trinajstić information content (AvgIpc) is 2.46. The van der Waals surface area contributed by atoms with Gasteiger partial charge in [0.05, 0.1) is 5.92 Å². The molecule has 2 amide bonds. The summed E-state index contributed by atoms with van der Waals surface area (Å²) in [5.74, 6) is -0.740. The van der Waals surface area contributed by atoms with Crippen LogP contribution in [0.3, 0.4) is 0 Å². The van der Waals surface area contributed by atoms with Crippen LogP contribution in [0.15, 0.2) is 28.7 Å². The summed E-state index contributed by atoms with van der Waals surface area (Å²) >= 11 is 3.36. The fraction of sp³-hybridized carbons (Fsp3) is 0.200. The van der Waals surface area contributed by atoms with Crippen molar-refractivity contribution in [3.8, 4) is 0 Å². The molecule has 0 aromatic heterocycles. The van der Waals surface area contributed by atoms with Crippen LogP contribution in [0, 0.1) is 0 Å². The van der Waals surface area contributed by atoms with Gasteiger partial charge in [-0.25, -0.2) is 0 Å². The van der Waals surface area contributed by atoms with E-state index >= 15 is 0 Å². The fourth-order valence-electron chi connectivity index (χ4n) is 1.56. The number of rotatable bonds is 1. The van der Waals surface area contributed by atoms with Gasteiger partial charge >= 0.3 is 0 Å². The highest BCUT2D eigenvalue weighted by atomic mass is 79.9. The van der Waals surface area contributed by atoms with E-state index in [4.69, 9.17) is 0 Å². The minimum atomic E-state index is -0.335. The Morgan fingerprint density at radius 3 is 2.57 bits per heavy atom. The number of halogens is 1. The lowest BCUT2D eigenvalue weighted by Gasteiger charge is -2.07. The number of hydrogen-bond acceptors (Lipinski definition) is 2. The standard InChI is InChI=1S/C10H8BrNO2/c11-8-4-2-1-3-6(8)7-5-9(13)12-10(7)14/h1-4,7H,5H2,(H,12,13,14). The first-order valence-corrected chi connectivity index (χ1v) is 5.06. The van der Waals surface area contributed by atoms with Crippen LogP contribution in [0.1, 0.15) is 17.9 Å². The normalized spacial score (nSPS) is 21.1. The SMILES string of the molecule is O=C1CC(c2ccccc2Br)C(=O)N1. The molecule has 72 valence electrons. The zero-order chi connectivity index (χ0) is 10.1. The minimum absolute atomic E-state index is 0.198. The van der Waals surface area contributed by atoms with Crippen LogP contribution in [0.5, 0.6) is 0 Å². The van der Waals surface area contributed by atoms with E-state index in [9.17, 15) is 9.59 Å². The van der Waals surface area contributed by atoms with Gasteiger partial charge in [-0.3, -0.25) is 14.9 Å². The predicted octanol–water partition coefficient (Wildman–Crippen LogP) is 1.58. The van der Waals surface area contributed by atoms with E-state index in [1.54, 1.807) is 0 Å². The average molecular weight is 254 g/mol. The molecule has 2 rings (SSSR count). The molecular weight excluding hydrogens is 246 g/mol. The molecule has 14 heavy (non-hydrogen) atoms. The number of carbonyl (C=O) groups excluding carboxylic acids is 2. The smallest absolute Gasteiger partial charge is 0.234 e. The van der Waals surface area contributed by atoms with E-state index in [1.165, 1.54) is 0 Å². The van der Waals surface area contributed by atoms with Gasteiger partial charge in [-0.1, -0.05) is 34.1 Å². The molecule has 3 nitrogen and oxygen atoms in total. The molecule has 1 unspecified atom stereocenters. The van der Waals surface area contributed by atoms with Crippen molar-refractivity contribution in [2.24, 2.45) is 0 Å². The van der Waals surface area contributed by atoms with E-state index < -0.39 is 0 Å². The Labute approximate surface area is 89.6 Å². The maximum atomic E-state index is 11.4. The quantitative estimate of drug-likeness (QED) is 0.773. The first kappa shape index (κ1) is 9.40. The summed E-state index contributed by atoms with van der Waals surface area (Å²) in [6.07, 6.45) is 0.251. The van der Waals surface area contributed by atoms with Gasteiger partial charge in [-0.2, -0.15) is 0 Å². The van der Waals surface area contributed by atoms with Gasteiger partial charge in [0, 0.05) is 10.9 Å². The fourth-order valence-corrected chi connectivity index (χ4v) is 2.12. The zero-order valence-corrected chi connectivity index (χ0v) is 8.87. The molecule has 4 heteroatoms. The van der Waals surface area contributed by atoms with Gasteiger partial charge in [-0.05, 0) is 11.6 Å². The first-order chi connectivity index (χ1) is 6.68. The summed E-state index contributed by atoms with van der Waals surface area (Å²) in [4.78, 5) is 22.4. The predicted molar refractivity (Wildman–Crippen MR) is 54.6 cm³/mol. The second kappa shape index (κ2) is 3.53.